The average Bonchev–Trinajstić information content (AvgIpc) is 3.36. The SMILES string of the molecule is O=C(c1ccc([N+](=O)[O-])cc1Cl)N(CC(=O)N1c2ccccc2-n2cccc2C1c1ccco1)C1CC1. The number of hydrogen-bond acceptors (Lipinski definition) is 5. The second kappa shape index (κ2) is 8.94. The van der Waals surface area contributed by atoms with Gasteiger partial charge in [0.25, 0.3) is 11.6 Å². The number of non-ortho nitro benzene ring substituents is 1. The van der Waals surface area contributed by atoms with Crippen LogP contribution in [0.15, 0.2) is 83.6 Å². The number of furan rings is 1. The zero-order valence-electron chi connectivity index (χ0n) is 19.5. The molecule has 0 radical (unpaired) electrons. The van der Waals surface area contributed by atoms with Crippen molar-refractivity contribution in [3.63, 3.8) is 0 Å². The molecule has 2 aromatic heterocycles. The molecule has 9 nitrogen and oxygen atoms in total. The highest BCUT2D eigenvalue weighted by Crippen LogP contribution is 2.43. The number of nitro benzene ring substituents is 1. The first kappa shape index (κ1) is 23.1. The highest BCUT2D eigenvalue weighted by Gasteiger charge is 2.41. The van der Waals surface area contributed by atoms with Crippen LogP contribution in [-0.2, 0) is 4.79 Å². The molecule has 2 amide bonds. The van der Waals surface area contributed by atoms with E-state index in [0.717, 1.165) is 30.3 Å². The van der Waals surface area contributed by atoms with E-state index in [-0.39, 0.29) is 34.8 Å². The van der Waals surface area contributed by atoms with Crippen LogP contribution >= 0.6 is 11.6 Å². The van der Waals surface area contributed by atoms with Gasteiger partial charge in [-0.25, -0.2) is 0 Å². The Labute approximate surface area is 216 Å². The Morgan fingerprint density at radius 2 is 1.84 bits per heavy atom. The summed E-state index contributed by atoms with van der Waals surface area (Å²) in [4.78, 5) is 41.3. The lowest BCUT2D eigenvalue weighted by atomic mass is 10.0. The topological polar surface area (TPSA) is 102 Å². The lowest BCUT2D eigenvalue weighted by Crippen LogP contribution is -2.47. The van der Waals surface area contributed by atoms with Gasteiger partial charge in [-0.3, -0.25) is 24.6 Å². The third-order valence-corrected chi connectivity index (χ3v) is 7.06. The van der Waals surface area contributed by atoms with Crippen molar-refractivity contribution in [2.45, 2.75) is 24.9 Å². The first-order valence-electron chi connectivity index (χ1n) is 11.8. The fraction of sp³-hybridized carbons (Fsp3) is 0.185. The highest BCUT2D eigenvalue weighted by atomic mass is 35.5. The number of hydrogen-bond donors (Lipinski definition) is 0. The molecule has 1 fully saturated rings. The predicted molar refractivity (Wildman–Crippen MR) is 136 cm³/mol. The Kier molecular flexibility index (Phi) is 5.57. The maximum atomic E-state index is 14.1. The minimum atomic E-state index is -0.569. The lowest BCUT2D eigenvalue weighted by Gasteiger charge is -2.38. The molecular formula is C27H21ClN4O5. The van der Waals surface area contributed by atoms with Gasteiger partial charge < -0.3 is 13.9 Å². The Hall–Kier alpha value is -4.37. The van der Waals surface area contributed by atoms with Gasteiger partial charge in [0.05, 0.1) is 38.8 Å². The minimum Gasteiger partial charge on any atom is -0.467 e. The van der Waals surface area contributed by atoms with Gasteiger partial charge in [0.1, 0.15) is 18.3 Å². The van der Waals surface area contributed by atoms with Crippen LogP contribution in [0, 0.1) is 10.1 Å². The van der Waals surface area contributed by atoms with Crippen molar-refractivity contribution >= 4 is 34.8 Å². The molecular weight excluding hydrogens is 496 g/mol. The molecule has 1 unspecified atom stereocenters. The molecule has 1 atom stereocenters. The molecule has 1 saturated carbocycles. The smallest absolute Gasteiger partial charge is 0.270 e. The average molecular weight is 517 g/mol. The van der Waals surface area contributed by atoms with E-state index in [1.54, 1.807) is 17.2 Å². The Balaban J connectivity index is 1.37. The molecule has 1 aliphatic carbocycles. The van der Waals surface area contributed by atoms with Gasteiger partial charge >= 0.3 is 0 Å². The van der Waals surface area contributed by atoms with E-state index in [0.29, 0.717) is 11.4 Å². The van der Waals surface area contributed by atoms with Crippen LogP contribution in [0.2, 0.25) is 5.02 Å². The number of carbonyl (C=O) groups is 2. The van der Waals surface area contributed by atoms with Crippen LogP contribution in [0.25, 0.3) is 5.69 Å². The number of carbonyl (C=O) groups excluding carboxylic acids is 2. The number of benzene rings is 2. The van der Waals surface area contributed by atoms with Gasteiger partial charge in [0.15, 0.2) is 0 Å². The molecule has 4 aromatic rings. The molecule has 3 heterocycles. The van der Waals surface area contributed by atoms with Crippen LogP contribution in [0.3, 0.4) is 0 Å². The van der Waals surface area contributed by atoms with E-state index < -0.39 is 16.9 Å². The predicted octanol–water partition coefficient (Wildman–Crippen LogP) is 5.37. The van der Waals surface area contributed by atoms with Crippen LogP contribution in [0.5, 0.6) is 0 Å². The fourth-order valence-electron chi connectivity index (χ4n) is 4.90. The lowest BCUT2D eigenvalue weighted by molar-refractivity contribution is -0.384. The van der Waals surface area contributed by atoms with E-state index >= 15 is 0 Å². The zero-order chi connectivity index (χ0) is 25.7. The fourth-order valence-corrected chi connectivity index (χ4v) is 5.15. The summed E-state index contributed by atoms with van der Waals surface area (Å²) in [5.41, 5.74) is 2.34. The van der Waals surface area contributed by atoms with Crippen molar-refractivity contribution < 1.29 is 18.9 Å². The number of nitro groups is 1. The van der Waals surface area contributed by atoms with Crippen molar-refractivity contribution in [1.29, 1.82) is 0 Å². The van der Waals surface area contributed by atoms with Gasteiger partial charge in [-0.2, -0.15) is 0 Å². The standard InChI is InChI=1S/C27H21ClN4O5/c28-20-15-18(32(35)36)11-12-19(20)27(34)30(17-9-10-17)16-25(33)31-22-6-2-1-5-21(22)29-13-3-7-23(29)26(31)24-8-4-14-37-24/h1-8,11-15,17,26H,9-10,16H2. The maximum Gasteiger partial charge on any atom is 0.270 e. The summed E-state index contributed by atoms with van der Waals surface area (Å²) in [7, 11) is 0. The minimum absolute atomic E-state index is 0.0214. The number of fused-ring (bicyclic) bond motifs is 3. The molecule has 2 aliphatic rings. The van der Waals surface area contributed by atoms with Crippen molar-refractivity contribution in [2.75, 3.05) is 11.4 Å². The molecule has 0 spiro atoms. The van der Waals surface area contributed by atoms with Crippen LogP contribution in [-0.4, -0.2) is 38.8 Å². The van der Waals surface area contributed by atoms with E-state index in [1.807, 2.05) is 53.2 Å². The highest BCUT2D eigenvalue weighted by molar-refractivity contribution is 6.34. The van der Waals surface area contributed by atoms with Crippen LogP contribution < -0.4 is 4.90 Å². The molecule has 37 heavy (non-hydrogen) atoms. The normalized spacial score (nSPS) is 16.1. The zero-order valence-corrected chi connectivity index (χ0v) is 20.2. The van der Waals surface area contributed by atoms with Gasteiger partial charge in [-0.1, -0.05) is 23.7 Å². The molecule has 0 saturated heterocycles. The first-order valence-corrected chi connectivity index (χ1v) is 12.2. The van der Waals surface area contributed by atoms with Crippen LogP contribution in [0.4, 0.5) is 11.4 Å². The molecule has 1 aliphatic heterocycles. The quantitative estimate of drug-likeness (QED) is 0.253. The summed E-state index contributed by atoms with van der Waals surface area (Å²) in [5, 5.41) is 11.1. The maximum absolute atomic E-state index is 14.1. The summed E-state index contributed by atoms with van der Waals surface area (Å²) in [6.45, 7) is -0.178. The monoisotopic (exact) mass is 516 g/mol. The van der Waals surface area contributed by atoms with Gasteiger partial charge in [0, 0.05) is 24.4 Å². The number of aromatic nitrogens is 1. The first-order chi connectivity index (χ1) is 17.9. The van der Waals surface area contributed by atoms with Crippen molar-refractivity contribution in [3.05, 3.63) is 111 Å². The Morgan fingerprint density at radius 3 is 2.51 bits per heavy atom. The summed E-state index contributed by atoms with van der Waals surface area (Å²) >= 11 is 6.26. The van der Waals surface area contributed by atoms with E-state index in [1.165, 1.54) is 17.0 Å². The number of rotatable bonds is 6. The summed E-state index contributed by atoms with van der Waals surface area (Å²) in [6.07, 6.45) is 5.06. The summed E-state index contributed by atoms with van der Waals surface area (Å²) < 4.78 is 7.80. The van der Waals surface area contributed by atoms with Gasteiger partial charge in [0.2, 0.25) is 5.91 Å². The van der Waals surface area contributed by atoms with Crippen molar-refractivity contribution in [1.82, 2.24) is 9.47 Å². The largest absolute Gasteiger partial charge is 0.467 e. The number of amides is 2. The van der Waals surface area contributed by atoms with Crippen molar-refractivity contribution in [2.24, 2.45) is 0 Å². The molecule has 2 aromatic carbocycles. The number of para-hydroxylation sites is 2. The second-order valence-electron chi connectivity index (χ2n) is 9.06. The van der Waals surface area contributed by atoms with E-state index in [2.05, 4.69) is 0 Å². The van der Waals surface area contributed by atoms with Crippen LogP contribution in [0.1, 0.15) is 40.7 Å². The summed E-state index contributed by atoms with van der Waals surface area (Å²) in [6, 6.07) is 18.2. The summed E-state index contributed by atoms with van der Waals surface area (Å²) in [5.74, 6) is -0.107. The van der Waals surface area contributed by atoms with E-state index in [4.69, 9.17) is 16.0 Å². The Bertz CT molecular complexity index is 1530. The van der Waals surface area contributed by atoms with Gasteiger partial charge in [-0.05, 0) is 55.3 Å². The third kappa shape index (κ3) is 3.97. The van der Waals surface area contributed by atoms with Crippen molar-refractivity contribution in [3.8, 4) is 5.69 Å². The van der Waals surface area contributed by atoms with E-state index in [9.17, 15) is 19.7 Å². The number of anilines is 1. The second-order valence-corrected chi connectivity index (χ2v) is 9.47. The number of halogens is 1. The molecule has 10 heteroatoms. The van der Waals surface area contributed by atoms with Gasteiger partial charge in [-0.15, -0.1) is 0 Å². The molecule has 186 valence electrons. The molecule has 6 rings (SSSR count). The Morgan fingerprint density at radius 1 is 1.05 bits per heavy atom. The number of nitrogens with zero attached hydrogens (tertiary/aromatic N) is 4. The molecule has 0 bridgehead atoms. The third-order valence-electron chi connectivity index (χ3n) is 6.75. The molecule has 0 N–H and O–H groups in total.